The molecule has 1 amide bonds. The Morgan fingerprint density at radius 3 is 2.50 bits per heavy atom. The molecule has 1 aromatic rings. The Labute approximate surface area is 155 Å². The van der Waals surface area contributed by atoms with Crippen molar-refractivity contribution < 1.29 is 13.2 Å². The van der Waals surface area contributed by atoms with E-state index in [1.807, 2.05) is 27.9 Å². The van der Waals surface area contributed by atoms with Crippen molar-refractivity contribution in [1.82, 2.24) is 23.9 Å². The summed E-state index contributed by atoms with van der Waals surface area (Å²) in [4.78, 5) is 23.1. The van der Waals surface area contributed by atoms with Gasteiger partial charge in [0, 0.05) is 59.4 Å². The van der Waals surface area contributed by atoms with Crippen LogP contribution in [-0.2, 0) is 10.2 Å². The Hall–Kier alpha value is -1.78. The average Bonchev–Trinajstić information content (AvgIpc) is 3.03. The van der Waals surface area contributed by atoms with Crippen LogP contribution in [-0.4, -0.2) is 80.2 Å². The average molecular weight is 385 g/mol. The fourth-order valence-electron chi connectivity index (χ4n) is 2.82. The minimum absolute atomic E-state index is 0.0157. The first kappa shape index (κ1) is 20.5. The van der Waals surface area contributed by atoms with Crippen LogP contribution in [0.25, 0.3) is 0 Å². The first-order chi connectivity index (χ1) is 12.0. The molecule has 10 heteroatoms. The van der Waals surface area contributed by atoms with Crippen LogP contribution in [0.5, 0.6) is 0 Å². The van der Waals surface area contributed by atoms with Gasteiger partial charge in [-0.1, -0.05) is 0 Å². The van der Waals surface area contributed by atoms with E-state index >= 15 is 0 Å². The molecule has 0 bridgehead atoms. The van der Waals surface area contributed by atoms with Crippen molar-refractivity contribution in [3.63, 3.8) is 0 Å². The predicted octanol–water partition coefficient (Wildman–Crippen LogP) is 0.277. The summed E-state index contributed by atoms with van der Waals surface area (Å²) < 4.78 is 27.4. The van der Waals surface area contributed by atoms with Crippen LogP contribution in [0.1, 0.15) is 42.2 Å². The highest BCUT2D eigenvalue weighted by atomic mass is 32.2. The zero-order valence-electron chi connectivity index (χ0n) is 16.2. The summed E-state index contributed by atoms with van der Waals surface area (Å²) in [6.45, 7) is 4.46. The number of aromatic nitrogens is 2. The molecule has 1 fully saturated rings. The molecule has 1 N–H and O–H groups in total. The van der Waals surface area contributed by atoms with Crippen LogP contribution in [0.4, 0.5) is 5.95 Å². The molecule has 26 heavy (non-hydrogen) atoms. The molecule has 1 aromatic heterocycles. The van der Waals surface area contributed by atoms with Crippen molar-refractivity contribution in [2.75, 3.05) is 46.2 Å². The first-order valence-corrected chi connectivity index (χ1v) is 9.96. The largest absolute Gasteiger partial charge is 0.350 e. The number of hydrogen-bond acceptors (Lipinski definition) is 6. The molecular weight excluding hydrogens is 356 g/mol. The minimum atomic E-state index is -3.48. The highest BCUT2D eigenvalue weighted by Gasteiger charge is 2.36. The third-order valence-electron chi connectivity index (χ3n) is 4.20. The van der Waals surface area contributed by atoms with Crippen LogP contribution in [0, 0.1) is 0 Å². The van der Waals surface area contributed by atoms with Gasteiger partial charge in [0.1, 0.15) is 0 Å². The monoisotopic (exact) mass is 384 g/mol. The van der Waals surface area contributed by atoms with Crippen molar-refractivity contribution in [2.24, 2.45) is 0 Å². The maximum Gasteiger partial charge on any atom is 0.281 e. The van der Waals surface area contributed by atoms with E-state index in [4.69, 9.17) is 0 Å². The Morgan fingerprint density at radius 1 is 1.31 bits per heavy atom. The number of amides is 1. The summed E-state index contributed by atoms with van der Waals surface area (Å²) in [5, 5.41) is 2.86. The summed E-state index contributed by atoms with van der Waals surface area (Å²) in [6.07, 6.45) is 2.14. The molecule has 9 nitrogen and oxygen atoms in total. The lowest BCUT2D eigenvalue weighted by Gasteiger charge is -2.21. The number of carbonyl (C=O) groups is 1. The summed E-state index contributed by atoms with van der Waals surface area (Å²) in [5.74, 6) is 0.101. The highest BCUT2D eigenvalue weighted by molar-refractivity contribution is 7.86. The van der Waals surface area contributed by atoms with Crippen molar-refractivity contribution in [3.8, 4) is 0 Å². The molecule has 2 heterocycles. The SMILES string of the molecule is CC(C)NC(=O)c1cnc(N(C)C)nc1C1CCN(S(=O)(=O)N(C)C)C1. The molecule has 146 valence electrons. The van der Waals surface area contributed by atoms with E-state index in [0.29, 0.717) is 36.7 Å². The second kappa shape index (κ2) is 7.85. The first-order valence-electron chi connectivity index (χ1n) is 8.56. The van der Waals surface area contributed by atoms with E-state index in [-0.39, 0.29) is 17.9 Å². The molecule has 1 aliphatic rings. The van der Waals surface area contributed by atoms with E-state index in [2.05, 4.69) is 15.3 Å². The summed E-state index contributed by atoms with van der Waals surface area (Å²) in [7, 11) is 3.19. The lowest BCUT2D eigenvalue weighted by atomic mass is 9.99. The van der Waals surface area contributed by atoms with Gasteiger partial charge in [0.05, 0.1) is 11.3 Å². The van der Waals surface area contributed by atoms with E-state index in [1.165, 1.54) is 28.9 Å². The maximum absolute atomic E-state index is 12.6. The van der Waals surface area contributed by atoms with Crippen molar-refractivity contribution in [3.05, 3.63) is 17.5 Å². The van der Waals surface area contributed by atoms with E-state index in [0.717, 1.165) is 0 Å². The zero-order valence-corrected chi connectivity index (χ0v) is 17.0. The van der Waals surface area contributed by atoms with Gasteiger partial charge in [-0.05, 0) is 20.3 Å². The third-order valence-corrected chi connectivity index (χ3v) is 6.10. The van der Waals surface area contributed by atoms with Crippen LogP contribution in [0.3, 0.4) is 0 Å². The molecule has 2 rings (SSSR count). The van der Waals surface area contributed by atoms with Gasteiger partial charge in [0.25, 0.3) is 16.1 Å². The fourth-order valence-corrected chi connectivity index (χ4v) is 3.99. The van der Waals surface area contributed by atoms with E-state index < -0.39 is 10.2 Å². The second-order valence-corrected chi connectivity index (χ2v) is 9.27. The smallest absolute Gasteiger partial charge is 0.281 e. The van der Waals surface area contributed by atoms with Gasteiger partial charge in [-0.15, -0.1) is 0 Å². The van der Waals surface area contributed by atoms with Gasteiger partial charge in [-0.25, -0.2) is 9.97 Å². The van der Waals surface area contributed by atoms with Crippen LogP contribution < -0.4 is 10.2 Å². The molecule has 1 atom stereocenters. The van der Waals surface area contributed by atoms with Crippen LogP contribution >= 0.6 is 0 Å². The molecule has 0 radical (unpaired) electrons. The quantitative estimate of drug-likeness (QED) is 0.756. The standard InChI is InChI=1S/C16H28N6O3S/c1-11(2)18-15(23)13-9-17-16(20(3)4)19-14(13)12-7-8-22(10-12)26(24,25)21(5)6/h9,11-12H,7-8,10H2,1-6H3,(H,18,23). The number of hydrogen-bond donors (Lipinski definition) is 1. The molecule has 1 saturated heterocycles. The van der Waals surface area contributed by atoms with Crippen LogP contribution in [0.2, 0.25) is 0 Å². The number of anilines is 1. The summed E-state index contributed by atoms with van der Waals surface area (Å²) >= 11 is 0. The van der Waals surface area contributed by atoms with Gasteiger partial charge in [0.2, 0.25) is 5.95 Å². The Balaban J connectivity index is 2.37. The highest BCUT2D eigenvalue weighted by Crippen LogP contribution is 2.31. The van der Waals surface area contributed by atoms with Crippen molar-refractivity contribution >= 4 is 22.1 Å². The lowest BCUT2D eigenvalue weighted by molar-refractivity contribution is 0.0941. The topological polar surface area (TPSA) is 98.7 Å². The second-order valence-electron chi connectivity index (χ2n) is 7.13. The van der Waals surface area contributed by atoms with Gasteiger partial charge in [-0.2, -0.15) is 17.0 Å². The molecule has 1 unspecified atom stereocenters. The Bertz CT molecular complexity index is 763. The normalized spacial score (nSPS) is 18.5. The van der Waals surface area contributed by atoms with E-state index in [9.17, 15) is 13.2 Å². The summed E-state index contributed by atoms with van der Waals surface area (Å²) in [6, 6.07) is -0.0157. The lowest BCUT2D eigenvalue weighted by Crippen LogP contribution is -2.38. The number of nitrogens with one attached hydrogen (secondary N) is 1. The maximum atomic E-state index is 12.6. The van der Waals surface area contributed by atoms with Gasteiger partial charge in [0.15, 0.2) is 0 Å². The molecule has 0 saturated carbocycles. The van der Waals surface area contributed by atoms with Crippen molar-refractivity contribution in [1.29, 1.82) is 0 Å². The molecule has 0 aromatic carbocycles. The minimum Gasteiger partial charge on any atom is -0.350 e. The van der Waals surface area contributed by atoms with Crippen molar-refractivity contribution in [2.45, 2.75) is 32.2 Å². The molecule has 1 aliphatic heterocycles. The van der Waals surface area contributed by atoms with Crippen LogP contribution in [0.15, 0.2) is 6.20 Å². The molecule has 0 spiro atoms. The van der Waals surface area contributed by atoms with Gasteiger partial charge < -0.3 is 10.2 Å². The summed E-state index contributed by atoms with van der Waals surface area (Å²) in [5.41, 5.74) is 0.997. The Kier molecular flexibility index (Phi) is 6.20. The van der Waals surface area contributed by atoms with Gasteiger partial charge >= 0.3 is 0 Å². The van der Waals surface area contributed by atoms with Gasteiger partial charge in [-0.3, -0.25) is 4.79 Å². The number of carbonyl (C=O) groups excluding carboxylic acids is 1. The number of nitrogens with zero attached hydrogens (tertiary/aromatic N) is 5. The van der Waals surface area contributed by atoms with E-state index in [1.54, 1.807) is 4.90 Å². The fraction of sp³-hybridized carbons (Fsp3) is 0.688. The number of rotatable bonds is 6. The zero-order chi connectivity index (χ0) is 19.6. The molecular formula is C16H28N6O3S. The Morgan fingerprint density at radius 2 is 1.96 bits per heavy atom. The predicted molar refractivity (Wildman–Crippen MR) is 100 cm³/mol. The molecule has 0 aliphatic carbocycles. The third kappa shape index (κ3) is 4.30.